The van der Waals surface area contributed by atoms with Crippen molar-refractivity contribution in [3.05, 3.63) is 299 Å². The number of thiocarbonyl (C=S) groups is 1. The molecule has 0 saturated carbocycles. The van der Waals surface area contributed by atoms with E-state index >= 15 is 0 Å². The monoisotopic (exact) mass is 2230 g/mol. The van der Waals surface area contributed by atoms with Crippen LogP contribution in [0.25, 0.3) is 52.9 Å². The van der Waals surface area contributed by atoms with Crippen LogP contribution in [0.4, 0.5) is 79.0 Å². The SMILES string of the molecule is CCOC(=O)C(=O)CBr.CCOC(=O)COc1ccc2c(c1)CCN(Cc1csc(-c3ccc(C(F)(F)F)cc3)n1)CC2.CCOC(=O)c1csc(-c2ccc(C(F)(F)F)cc2)n1.FC(F)(F)c1ccc(-c2nc(CBr)cs2)cc1.NC(=S)c1ccc(C(F)(F)F)cc1.O=C(O)COc1ccc2c(c1)CCN(Cc1csc(-c3ccc(C(F)(F)F)cc3)n1)CC2.OCc1csc(-c2ccc(C(F)(F)F)cc2)n1. The Morgan fingerprint density at radius 2 is 0.697 bits per heavy atom. The van der Waals surface area contributed by atoms with E-state index in [2.05, 4.69) is 83.5 Å². The highest BCUT2D eigenvalue weighted by molar-refractivity contribution is 9.09. The number of thiazole rings is 5. The summed E-state index contributed by atoms with van der Waals surface area (Å²) in [5.74, 6) is -2.04. The van der Waals surface area contributed by atoms with E-state index in [9.17, 15) is 103 Å². The summed E-state index contributed by atoms with van der Waals surface area (Å²) < 4.78 is 249. The van der Waals surface area contributed by atoms with Crippen molar-refractivity contribution in [2.24, 2.45) is 5.73 Å². The van der Waals surface area contributed by atoms with Gasteiger partial charge in [0.25, 0.3) is 0 Å². The van der Waals surface area contributed by atoms with Crippen molar-refractivity contribution in [2.75, 3.05) is 64.5 Å². The van der Waals surface area contributed by atoms with Crippen LogP contribution in [0.15, 0.2) is 209 Å². The second-order valence-electron chi connectivity index (χ2n) is 29.9. The molecule has 142 heavy (non-hydrogen) atoms. The number of hydrogen-bond acceptors (Lipinski definition) is 24. The summed E-state index contributed by atoms with van der Waals surface area (Å²) in [6.07, 6.45) is -22.6. The normalized spacial score (nSPS) is 12.7. The zero-order chi connectivity index (χ0) is 104. The van der Waals surface area contributed by atoms with Crippen LogP contribution in [-0.2, 0) is 121 Å². The highest BCUT2D eigenvalue weighted by Gasteiger charge is 2.36. The van der Waals surface area contributed by atoms with Crippen LogP contribution < -0.4 is 15.2 Å². The topological polar surface area (TPSA) is 269 Å². The van der Waals surface area contributed by atoms with E-state index in [1.807, 2.05) is 46.5 Å². The number of carbonyl (C=O) groups is 5. The average molecular weight is 2240 g/mol. The number of carbonyl (C=O) groups excluding carboxylic acids is 4. The number of Topliss-reactive ketones (excluding diaryl/α,β-unsaturated/α-hetero) is 1. The second-order valence-corrected chi connectivity index (χ2v) is 35.8. The summed E-state index contributed by atoms with van der Waals surface area (Å²) in [4.78, 5) is 80.8. The zero-order valence-corrected chi connectivity index (χ0v) is 82.7. The number of fused-ring (bicyclic) bond motifs is 2. The van der Waals surface area contributed by atoms with E-state index in [-0.39, 0.29) is 55.0 Å². The van der Waals surface area contributed by atoms with Gasteiger partial charge in [0.05, 0.1) is 87.9 Å². The van der Waals surface area contributed by atoms with E-state index in [0.717, 1.165) is 152 Å². The summed E-state index contributed by atoms with van der Waals surface area (Å²) >= 11 is 17.5. The van der Waals surface area contributed by atoms with E-state index in [1.54, 1.807) is 32.2 Å². The van der Waals surface area contributed by atoms with Crippen LogP contribution in [0.2, 0.25) is 0 Å². The van der Waals surface area contributed by atoms with Gasteiger partial charge in [-0.05, 0) is 166 Å². The van der Waals surface area contributed by atoms with E-state index in [4.69, 9.17) is 34.9 Å². The molecule has 8 aromatic carbocycles. The number of alkyl halides is 20. The Morgan fingerprint density at radius 3 is 1.00 bits per heavy atom. The van der Waals surface area contributed by atoms with Crippen molar-refractivity contribution in [1.29, 1.82) is 0 Å². The molecular weight excluding hydrogens is 2150 g/mol. The Labute approximate surface area is 842 Å². The highest BCUT2D eigenvalue weighted by atomic mass is 79.9. The lowest BCUT2D eigenvalue weighted by molar-refractivity contribution is -0.152. The quantitative estimate of drug-likeness (QED) is 0.0127. The summed E-state index contributed by atoms with van der Waals surface area (Å²) in [6.45, 7) is 10.0. The molecule has 2 aliphatic heterocycles. The smallest absolute Gasteiger partial charge is 0.416 e. The molecule has 2 aliphatic rings. The maximum atomic E-state index is 12.8. The molecule has 15 rings (SSSR count). The first-order valence-electron chi connectivity index (χ1n) is 42.1. The Bertz CT molecular complexity index is 6190. The summed E-state index contributed by atoms with van der Waals surface area (Å²) in [5.41, 5.74) is 13.0. The number of aliphatic hydroxyl groups excluding tert-OH is 1. The summed E-state index contributed by atoms with van der Waals surface area (Å²) in [6, 6.07) is 40.7. The molecule has 5 aromatic heterocycles. The molecule has 13 aromatic rings. The van der Waals surface area contributed by atoms with Gasteiger partial charge in [-0.25, -0.2) is 44.1 Å². The van der Waals surface area contributed by atoms with Gasteiger partial charge in [0.2, 0.25) is 5.78 Å². The zero-order valence-electron chi connectivity index (χ0n) is 74.6. The largest absolute Gasteiger partial charge is 0.482 e. The fourth-order valence-electron chi connectivity index (χ4n) is 12.8. The minimum absolute atomic E-state index is 0.0336. The van der Waals surface area contributed by atoms with Gasteiger partial charge in [-0.15, -0.1) is 56.7 Å². The van der Waals surface area contributed by atoms with E-state index < -0.39 is 94.1 Å². The molecule has 46 heteroatoms. The van der Waals surface area contributed by atoms with Crippen LogP contribution in [0, 0.1) is 0 Å². The molecule has 20 nitrogen and oxygen atoms in total. The number of carboxylic acid groups (broad SMARTS) is 1. The molecule has 756 valence electrons. The maximum absolute atomic E-state index is 12.8. The third-order valence-corrected chi connectivity index (χ3v) is 25.8. The first-order valence-corrected chi connectivity index (χ1v) is 49.2. The number of nitrogens with two attached hydrogens (primary N) is 1. The van der Waals surface area contributed by atoms with Gasteiger partial charge >= 0.3 is 60.9 Å². The Kier molecular flexibility index (Phi) is 42.8. The van der Waals surface area contributed by atoms with Crippen molar-refractivity contribution < 1.29 is 137 Å². The number of esters is 3. The number of aliphatic hydroxyl groups is 1. The molecule has 4 N–H and O–H groups in total. The number of ether oxygens (including phenoxy) is 5. The van der Waals surface area contributed by atoms with Gasteiger partial charge in [0.15, 0.2) is 18.9 Å². The number of aromatic nitrogens is 5. The van der Waals surface area contributed by atoms with Crippen molar-refractivity contribution in [3.63, 3.8) is 0 Å². The summed E-state index contributed by atoms with van der Waals surface area (Å²) in [7, 11) is 0. The molecule has 0 aliphatic carbocycles. The second kappa shape index (κ2) is 53.2. The number of carboxylic acids is 1. The minimum Gasteiger partial charge on any atom is -0.482 e. The van der Waals surface area contributed by atoms with Crippen LogP contribution in [0.5, 0.6) is 11.5 Å². The Morgan fingerprint density at radius 1 is 0.394 bits per heavy atom. The molecular formula is C96H84Br2F18N8O12S6. The maximum Gasteiger partial charge on any atom is 0.416 e. The molecule has 0 bridgehead atoms. The predicted octanol–water partition coefficient (Wildman–Crippen LogP) is 25.2. The van der Waals surface area contributed by atoms with Gasteiger partial charge in [-0.1, -0.05) is 129 Å². The fourth-order valence-corrected chi connectivity index (χ4v) is 17.7. The lowest BCUT2D eigenvalue weighted by Gasteiger charge is -2.18. The first-order chi connectivity index (χ1) is 67.1. The lowest BCUT2D eigenvalue weighted by Crippen LogP contribution is -2.26. The van der Waals surface area contributed by atoms with Gasteiger partial charge < -0.3 is 39.6 Å². The van der Waals surface area contributed by atoms with Gasteiger partial charge in [0.1, 0.15) is 41.5 Å². The Balaban J connectivity index is 0.000000192. The van der Waals surface area contributed by atoms with E-state index in [1.165, 1.54) is 152 Å². The summed E-state index contributed by atoms with van der Waals surface area (Å²) in [5, 5.41) is 30.5. The van der Waals surface area contributed by atoms with Crippen molar-refractivity contribution in [1.82, 2.24) is 34.7 Å². The van der Waals surface area contributed by atoms with Gasteiger partial charge in [-0.3, -0.25) is 14.6 Å². The van der Waals surface area contributed by atoms with Crippen LogP contribution >= 0.6 is 101 Å². The molecule has 0 unspecified atom stereocenters. The van der Waals surface area contributed by atoms with Crippen molar-refractivity contribution in [3.8, 4) is 64.4 Å². The van der Waals surface area contributed by atoms with Crippen LogP contribution in [-0.4, -0.2) is 144 Å². The number of hydrogen-bond donors (Lipinski definition) is 3. The number of rotatable bonds is 24. The number of nitrogens with zero attached hydrogens (tertiary/aromatic N) is 7. The van der Waals surface area contributed by atoms with Gasteiger partial charge in [0, 0.05) is 105 Å². The minimum atomic E-state index is -4.36. The molecule has 0 fully saturated rings. The highest BCUT2D eigenvalue weighted by Crippen LogP contribution is 2.40. The number of aliphatic carboxylic acids is 1. The molecule has 0 amide bonds. The van der Waals surface area contributed by atoms with E-state index in [0.29, 0.717) is 95.6 Å². The predicted molar refractivity (Wildman–Crippen MR) is 514 cm³/mol. The van der Waals surface area contributed by atoms with Crippen LogP contribution in [0.1, 0.15) is 115 Å². The fraction of sp³-hybridized carbons (Fsp3) is 0.281. The molecule has 0 saturated heterocycles. The van der Waals surface area contributed by atoms with Crippen molar-refractivity contribution in [2.45, 2.75) is 109 Å². The molecule has 0 radical (unpaired) electrons. The average Bonchev–Trinajstić information content (AvgIpc) is 1.46. The standard InChI is InChI=1S/C25H25F3N2O3S.C23H21F3N2O3S.C13H10F3NO2S.C11H7BrF3NS.C11H8F3NOS.C8H6F3NS.C5H7BrO3/c1-2-32-23(31)15-33-22-8-5-17-9-11-30(12-10-19(17)13-22)14-21-16-34-24(29-21)18-3-6-20(7-4-18)25(26,27)28;24-23(25,26)18-4-1-16(2-5-18)22-27-19(14-32-22)12-28-9-7-15-3-6-20(31-13-21(29)30)11-17(15)8-10-28;1-2-19-12(18)10-7-20-11(17-10)8-3-5-9(6-4-8)13(14,15)16;12-5-9-6-17-10(16-9)7-1-3-8(4-2-7)11(13,14)15;12-11(13,14)8-3-1-7(2-4-8)10-15-9(5-16)6-17-10;9-8(10,11)6-3-1-5(2-4-6)7(12)13;1-2-9-5(8)4(7)3-6/h3-8,13,16H,2,9-12,14-15H2,1H3;1-6,11,14H,7-10,12-13H2,(H,29,30);3-7H,2H2,1H3;1-4,6H,5H2;1-4,6,16H,5H2;1-4H,(H2,12,13);2-3H2,1H3. The van der Waals surface area contributed by atoms with Crippen LogP contribution in [0.3, 0.4) is 0 Å². The van der Waals surface area contributed by atoms with Gasteiger partial charge in [-0.2, -0.15) is 79.0 Å². The molecule has 0 atom stereocenters. The Hall–Kier alpha value is -11.5. The molecule has 0 spiro atoms. The van der Waals surface area contributed by atoms with Crippen molar-refractivity contribution >= 4 is 135 Å². The number of ketones is 1. The third kappa shape index (κ3) is 36.1. The molecule has 7 heterocycles. The third-order valence-electron chi connectivity index (χ3n) is 19.9. The lowest BCUT2D eigenvalue weighted by atomic mass is 10.0. The first kappa shape index (κ1) is 114. The number of halogens is 20. The number of benzene rings is 8.